The van der Waals surface area contributed by atoms with E-state index in [0.717, 1.165) is 22.9 Å². The van der Waals surface area contributed by atoms with Crippen LogP contribution in [0, 0.1) is 11.6 Å². The van der Waals surface area contributed by atoms with Crippen molar-refractivity contribution in [2.24, 2.45) is 0 Å². The third-order valence-electron chi connectivity index (χ3n) is 5.53. The van der Waals surface area contributed by atoms with Crippen molar-refractivity contribution in [1.82, 2.24) is 15.1 Å². The Morgan fingerprint density at radius 1 is 0.935 bits per heavy atom. The van der Waals surface area contributed by atoms with Crippen molar-refractivity contribution < 1.29 is 23.2 Å². The number of carbonyl (C=O) groups excluding carboxylic acids is 3. The molecule has 0 bridgehead atoms. The molecular weight excluding hydrogens is 424 g/mol. The van der Waals surface area contributed by atoms with Gasteiger partial charge in [0.15, 0.2) is 0 Å². The zero-order valence-corrected chi connectivity index (χ0v) is 17.4. The first-order chi connectivity index (χ1) is 14.9. The first kappa shape index (κ1) is 21.5. The van der Waals surface area contributed by atoms with E-state index in [9.17, 15) is 23.2 Å². The van der Waals surface area contributed by atoms with Crippen molar-refractivity contribution in [3.63, 3.8) is 0 Å². The predicted molar refractivity (Wildman–Crippen MR) is 112 cm³/mol. The topological polar surface area (TPSA) is 69.7 Å². The lowest BCUT2D eigenvalue weighted by molar-refractivity contribution is -0.134. The Bertz CT molecular complexity index is 931. The fraction of sp³-hybridized carbons (Fsp3) is 0.318. The molecule has 2 fully saturated rings. The molecule has 2 aliphatic rings. The van der Waals surface area contributed by atoms with Gasteiger partial charge in [-0.15, -0.1) is 0 Å². The molecule has 0 aliphatic carbocycles. The molecule has 3 amide bonds. The van der Waals surface area contributed by atoms with Gasteiger partial charge in [0, 0.05) is 32.6 Å². The van der Waals surface area contributed by atoms with Gasteiger partial charge < -0.3 is 4.90 Å². The summed E-state index contributed by atoms with van der Waals surface area (Å²) in [6.07, 6.45) is -0.0123. The van der Waals surface area contributed by atoms with E-state index < -0.39 is 16.4 Å². The summed E-state index contributed by atoms with van der Waals surface area (Å²) >= 11 is 0.850. The average molecular weight is 445 g/mol. The van der Waals surface area contributed by atoms with Crippen LogP contribution >= 0.6 is 11.8 Å². The van der Waals surface area contributed by atoms with Crippen LogP contribution in [0.25, 0.3) is 0 Å². The molecule has 2 aromatic carbocycles. The van der Waals surface area contributed by atoms with Gasteiger partial charge in [-0.1, -0.05) is 36.0 Å². The Morgan fingerprint density at radius 3 is 1.90 bits per heavy atom. The molecule has 4 rings (SSSR count). The monoisotopic (exact) mass is 445 g/mol. The van der Waals surface area contributed by atoms with E-state index in [2.05, 4.69) is 10.2 Å². The van der Waals surface area contributed by atoms with E-state index in [4.69, 9.17) is 0 Å². The second kappa shape index (κ2) is 9.15. The molecular formula is C22H21F2N3O3S. The minimum atomic E-state index is -0.677. The van der Waals surface area contributed by atoms with Crippen molar-refractivity contribution in [3.8, 4) is 0 Å². The van der Waals surface area contributed by atoms with E-state index in [1.165, 1.54) is 24.3 Å². The van der Waals surface area contributed by atoms with Crippen LogP contribution in [-0.4, -0.2) is 58.3 Å². The number of nitrogens with one attached hydrogen (secondary N) is 1. The van der Waals surface area contributed by atoms with Gasteiger partial charge in [-0.2, -0.15) is 0 Å². The number of amides is 3. The molecule has 1 N–H and O–H groups in total. The highest BCUT2D eigenvalue weighted by molar-refractivity contribution is 8.15. The molecule has 9 heteroatoms. The van der Waals surface area contributed by atoms with Crippen LogP contribution in [0.5, 0.6) is 0 Å². The van der Waals surface area contributed by atoms with Crippen LogP contribution in [0.1, 0.15) is 23.6 Å². The molecule has 6 nitrogen and oxygen atoms in total. The number of benzene rings is 2. The highest BCUT2D eigenvalue weighted by Gasteiger charge is 2.35. The zero-order valence-electron chi connectivity index (χ0n) is 16.6. The van der Waals surface area contributed by atoms with Crippen molar-refractivity contribution in [1.29, 1.82) is 0 Å². The molecule has 2 aromatic rings. The first-order valence-electron chi connectivity index (χ1n) is 9.95. The molecule has 2 heterocycles. The van der Waals surface area contributed by atoms with Crippen molar-refractivity contribution >= 4 is 28.8 Å². The second-order valence-corrected chi connectivity index (χ2v) is 8.69. The molecule has 2 aliphatic heterocycles. The molecule has 0 aromatic heterocycles. The number of hydrogen-bond donors (Lipinski definition) is 1. The van der Waals surface area contributed by atoms with Gasteiger partial charge in [-0.25, -0.2) is 8.78 Å². The summed E-state index contributed by atoms with van der Waals surface area (Å²) in [4.78, 5) is 39.5. The van der Waals surface area contributed by atoms with Crippen molar-refractivity contribution in [2.45, 2.75) is 17.7 Å². The van der Waals surface area contributed by atoms with E-state index in [1.807, 2.05) is 0 Å². The minimum Gasteiger partial charge on any atom is -0.340 e. The smallest absolute Gasteiger partial charge is 0.286 e. The average Bonchev–Trinajstić information content (AvgIpc) is 3.08. The Labute approximate surface area is 182 Å². The predicted octanol–water partition coefficient (Wildman–Crippen LogP) is 2.94. The fourth-order valence-electron chi connectivity index (χ4n) is 3.95. The summed E-state index contributed by atoms with van der Waals surface area (Å²) in [5.74, 6) is -1.24. The van der Waals surface area contributed by atoms with Crippen LogP contribution in [-0.2, 0) is 9.59 Å². The molecule has 0 spiro atoms. The molecule has 1 atom stereocenters. The maximum absolute atomic E-state index is 13.4. The quantitative estimate of drug-likeness (QED) is 0.767. The van der Waals surface area contributed by atoms with Gasteiger partial charge >= 0.3 is 0 Å². The van der Waals surface area contributed by atoms with Gasteiger partial charge in [-0.3, -0.25) is 24.6 Å². The maximum Gasteiger partial charge on any atom is 0.286 e. The minimum absolute atomic E-state index is 0.0123. The van der Waals surface area contributed by atoms with Crippen LogP contribution in [0.3, 0.4) is 0 Å². The summed E-state index contributed by atoms with van der Waals surface area (Å²) in [7, 11) is 0. The summed E-state index contributed by atoms with van der Waals surface area (Å²) in [5, 5.41) is 1.10. The summed E-state index contributed by atoms with van der Waals surface area (Å²) in [6, 6.07) is 12.3. The Balaban J connectivity index is 1.45. The van der Waals surface area contributed by atoms with Gasteiger partial charge in [0.25, 0.3) is 5.24 Å². The van der Waals surface area contributed by atoms with Crippen molar-refractivity contribution in [2.75, 3.05) is 26.2 Å². The summed E-state index contributed by atoms with van der Waals surface area (Å²) in [5.41, 5.74) is 1.76. The Kier molecular flexibility index (Phi) is 6.33. The number of rotatable bonds is 5. The lowest BCUT2D eigenvalue weighted by Crippen LogP contribution is -2.50. The second-order valence-electron chi connectivity index (χ2n) is 7.51. The van der Waals surface area contributed by atoms with Gasteiger partial charge in [0.1, 0.15) is 16.9 Å². The number of imide groups is 1. The number of hydrogen-bond acceptors (Lipinski definition) is 5. The van der Waals surface area contributed by atoms with Crippen LogP contribution in [0.2, 0.25) is 0 Å². The Hall–Kier alpha value is -2.78. The number of carbonyl (C=O) groups is 3. The highest BCUT2D eigenvalue weighted by atomic mass is 32.2. The SMILES string of the molecule is O=C1NC(=O)[C@H](CC(=O)N2CCN(C(c3ccc(F)cc3)c3ccc(F)cc3)CC2)S1. The van der Waals surface area contributed by atoms with E-state index in [1.54, 1.807) is 29.2 Å². The van der Waals surface area contributed by atoms with E-state index in [0.29, 0.717) is 26.2 Å². The Morgan fingerprint density at radius 2 is 1.45 bits per heavy atom. The third kappa shape index (κ3) is 4.94. The van der Waals surface area contributed by atoms with Crippen LogP contribution in [0.15, 0.2) is 48.5 Å². The number of nitrogens with zero attached hydrogens (tertiary/aromatic N) is 2. The molecule has 0 saturated carbocycles. The zero-order chi connectivity index (χ0) is 22.0. The van der Waals surface area contributed by atoms with Crippen molar-refractivity contribution in [3.05, 3.63) is 71.3 Å². The number of halogens is 2. The van der Waals surface area contributed by atoms with Crippen LogP contribution < -0.4 is 5.32 Å². The maximum atomic E-state index is 13.4. The lowest BCUT2D eigenvalue weighted by Gasteiger charge is -2.40. The fourth-order valence-corrected chi connectivity index (χ4v) is 4.76. The van der Waals surface area contributed by atoms with Gasteiger partial charge in [0.05, 0.1) is 6.04 Å². The highest BCUT2D eigenvalue weighted by Crippen LogP contribution is 2.30. The standard InChI is InChI=1S/C22H21F2N3O3S/c23-16-5-1-14(2-6-16)20(15-3-7-17(24)8-4-15)27-11-9-26(10-12-27)19(28)13-18-21(29)25-22(30)31-18/h1-8,18,20H,9-13H2,(H,25,29,30)/t18-/m0/s1. The van der Waals surface area contributed by atoms with Gasteiger partial charge in [-0.05, 0) is 35.4 Å². The van der Waals surface area contributed by atoms with Gasteiger partial charge in [0.2, 0.25) is 11.8 Å². The molecule has 0 radical (unpaired) electrons. The van der Waals surface area contributed by atoms with E-state index >= 15 is 0 Å². The van der Waals surface area contributed by atoms with E-state index in [-0.39, 0.29) is 30.0 Å². The molecule has 2 saturated heterocycles. The lowest BCUT2D eigenvalue weighted by atomic mass is 9.96. The normalized spacial score (nSPS) is 19.7. The molecule has 0 unspecified atom stereocenters. The molecule has 162 valence electrons. The molecule has 31 heavy (non-hydrogen) atoms. The summed E-state index contributed by atoms with van der Waals surface area (Å²) < 4.78 is 26.9. The largest absolute Gasteiger partial charge is 0.340 e. The number of thioether (sulfide) groups is 1. The first-order valence-corrected chi connectivity index (χ1v) is 10.8. The number of piperazine rings is 1. The summed E-state index contributed by atoms with van der Waals surface area (Å²) in [6.45, 7) is 2.05. The third-order valence-corrected chi connectivity index (χ3v) is 6.51. The van der Waals surface area contributed by atoms with Crippen LogP contribution in [0.4, 0.5) is 13.6 Å².